The van der Waals surface area contributed by atoms with Gasteiger partial charge in [-0.3, -0.25) is 0 Å². The summed E-state index contributed by atoms with van der Waals surface area (Å²) in [6.07, 6.45) is -0.709. The van der Waals surface area contributed by atoms with Gasteiger partial charge in [0.05, 0.1) is 4.90 Å². The van der Waals surface area contributed by atoms with E-state index in [2.05, 4.69) is 6.58 Å². The standard InChI is InChI=1S/C9H9FO3S.Na/c1-2-8(10)7-5-3-4-6-9(7)14(11,12)13;/h2-6,8H,1H2,(H,11,12,13);/q;+1/p-1. The first-order chi connectivity index (χ1) is 6.46. The molecule has 76 valence electrons. The maximum Gasteiger partial charge on any atom is 1.00 e. The largest absolute Gasteiger partial charge is 1.00 e. The summed E-state index contributed by atoms with van der Waals surface area (Å²) < 4.78 is 45.3. The van der Waals surface area contributed by atoms with E-state index in [1.54, 1.807) is 0 Å². The Balaban J connectivity index is 0.00000196. The average Bonchev–Trinajstić information content (AvgIpc) is 2.15. The van der Waals surface area contributed by atoms with Gasteiger partial charge >= 0.3 is 29.6 Å². The van der Waals surface area contributed by atoms with E-state index >= 15 is 0 Å². The zero-order valence-electron chi connectivity index (χ0n) is 8.18. The van der Waals surface area contributed by atoms with Gasteiger partial charge in [-0.25, -0.2) is 12.8 Å². The van der Waals surface area contributed by atoms with E-state index in [-0.39, 0.29) is 35.1 Å². The molecule has 1 aromatic rings. The molecule has 0 fully saturated rings. The maximum absolute atomic E-state index is 13.1. The fourth-order valence-electron chi connectivity index (χ4n) is 1.06. The molecule has 1 unspecified atom stereocenters. The number of hydrogen-bond acceptors (Lipinski definition) is 3. The summed E-state index contributed by atoms with van der Waals surface area (Å²) in [5.41, 5.74) is -0.169. The van der Waals surface area contributed by atoms with E-state index in [9.17, 15) is 17.4 Å². The summed E-state index contributed by atoms with van der Waals surface area (Å²) in [7, 11) is -4.63. The molecular formula is C9H8FNaO3S. The summed E-state index contributed by atoms with van der Waals surface area (Å²) in [5, 5.41) is 0. The molecule has 0 radical (unpaired) electrons. The minimum absolute atomic E-state index is 0. The molecule has 0 aliphatic rings. The van der Waals surface area contributed by atoms with Crippen molar-refractivity contribution in [3.63, 3.8) is 0 Å². The number of alkyl halides is 1. The summed E-state index contributed by atoms with van der Waals surface area (Å²) in [5.74, 6) is 0. The van der Waals surface area contributed by atoms with Gasteiger partial charge in [-0.1, -0.05) is 30.9 Å². The van der Waals surface area contributed by atoms with Gasteiger partial charge in [-0.05, 0) is 6.07 Å². The van der Waals surface area contributed by atoms with Crippen molar-refractivity contribution in [1.82, 2.24) is 0 Å². The number of halogens is 1. The maximum atomic E-state index is 13.1. The van der Waals surface area contributed by atoms with E-state index in [0.717, 1.165) is 12.1 Å². The van der Waals surface area contributed by atoms with Gasteiger partial charge in [-0.2, -0.15) is 0 Å². The molecular weight excluding hydrogens is 230 g/mol. The van der Waals surface area contributed by atoms with Crippen LogP contribution in [0.1, 0.15) is 11.7 Å². The first kappa shape index (κ1) is 14.8. The molecule has 0 amide bonds. The minimum Gasteiger partial charge on any atom is -0.744 e. The van der Waals surface area contributed by atoms with E-state index in [0.29, 0.717) is 0 Å². The topological polar surface area (TPSA) is 57.2 Å². The third-order valence-electron chi connectivity index (χ3n) is 1.69. The van der Waals surface area contributed by atoms with Gasteiger partial charge in [0, 0.05) is 5.56 Å². The fraction of sp³-hybridized carbons (Fsp3) is 0.111. The summed E-state index contributed by atoms with van der Waals surface area (Å²) in [6, 6.07) is 5.15. The second-order valence-electron chi connectivity index (χ2n) is 2.63. The SMILES string of the molecule is C=CC(F)c1ccccc1S(=O)(=O)[O-].[Na+]. The number of benzene rings is 1. The van der Waals surface area contributed by atoms with Crippen LogP contribution in [0.25, 0.3) is 0 Å². The molecule has 0 saturated carbocycles. The van der Waals surface area contributed by atoms with E-state index in [4.69, 9.17) is 0 Å². The van der Waals surface area contributed by atoms with Crippen molar-refractivity contribution >= 4 is 10.1 Å². The summed E-state index contributed by atoms with van der Waals surface area (Å²) >= 11 is 0. The molecule has 0 aromatic heterocycles. The van der Waals surface area contributed by atoms with Crippen LogP contribution in [0.15, 0.2) is 41.8 Å². The second kappa shape index (κ2) is 5.77. The Bertz CT molecular complexity index is 444. The minimum atomic E-state index is -4.63. The average molecular weight is 238 g/mol. The van der Waals surface area contributed by atoms with Crippen LogP contribution in [0.3, 0.4) is 0 Å². The number of allylic oxidation sites excluding steroid dienone is 1. The van der Waals surface area contributed by atoms with Crippen LogP contribution in [0, 0.1) is 0 Å². The van der Waals surface area contributed by atoms with Crippen LogP contribution >= 0.6 is 0 Å². The quantitative estimate of drug-likeness (QED) is 0.377. The molecule has 6 heteroatoms. The van der Waals surface area contributed by atoms with Crippen LogP contribution in [0.5, 0.6) is 0 Å². The molecule has 0 N–H and O–H groups in total. The van der Waals surface area contributed by atoms with Crippen molar-refractivity contribution in [3.05, 3.63) is 42.5 Å². The van der Waals surface area contributed by atoms with Crippen LogP contribution in [-0.4, -0.2) is 13.0 Å². The second-order valence-corrected chi connectivity index (χ2v) is 3.98. The van der Waals surface area contributed by atoms with Crippen molar-refractivity contribution in [3.8, 4) is 0 Å². The molecule has 0 heterocycles. The van der Waals surface area contributed by atoms with Gasteiger partial charge < -0.3 is 4.55 Å². The normalized spacial score (nSPS) is 12.7. The molecule has 0 aliphatic carbocycles. The first-order valence-electron chi connectivity index (χ1n) is 3.78. The van der Waals surface area contributed by atoms with Crippen LogP contribution in [0.4, 0.5) is 4.39 Å². The van der Waals surface area contributed by atoms with Gasteiger partial charge in [0.1, 0.15) is 16.3 Å². The summed E-state index contributed by atoms with van der Waals surface area (Å²) in [4.78, 5) is -0.535. The fourth-order valence-corrected chi connectivity index (χ4v) is 1.78. The smallest absolute Gasteiger partial charge is 0.744 e. The molecule has 0 spiro atoms. The van der Waals surface area contributed by atoms with Crippen molar-refractivity contribution in [2.75, 3.05) is 0 Å². The Labute approximate surface area is 110 Å². The molecule has 0 aliphatic heterocycles. The van der Waals surface area contributed by atoms with Gasteiger partial charge in [0.25, 0.3) is 0 Å². The van der Waals surface area contributed by atoms with E-state index in [1.165, 1.54) is 18.2 Å². The molecule has 1 atom stereocenters. The van der Waals surface area contributed by atoms with Crippen molar-refractivity contribution in [2.45, 2.75) is 11.1 Å². The van der Waals surface area contributed by atoms with E-state index < -0.39 is 21.2 Å². The van der Waals surface area contributed by atoms with Crippen LogP contribution in [0.2, 0.25) is 0 Å². The Morgan fingerprint density at radius 3 is 2.40 bits per heavy atom. The Hall–Kier alpha value is -0.200. The number of rotatable bonds is 3. The first-order valence-corrected chi connectivity index (χ1v) is 5.19. The molecule has 15 heavy (non-hydrogen) atoms. The van der Waals surface area contributed by atoms with Gasteiger partial charge in [0.15, 0.2) is 0 Å². The molecule has 0 bridgehead atoms. The molecule has 1 rings (SSSR count). The monoisotopic (exact) mass is 238 g/mol. The zero-order valence-corrected chi connectivity index (χ0v) is 11.0. The van der Waals surface area contributed by atoms with Crippen molar-refractivity contribution in [1.29, 1.82) is 0 Å². The van der Waals surface area contributed by atoms with E-state index in [1.807, 2.05) is 0 Å². The van der Waals surface area contributed by atoms with Crippen LogP contribution < -0.4 is 29.6 Å². The Kier molecular flexibility index (Phi) is 5.69. The predicted molar refractivity (Wildman–Crippen MR) is 48.5 cm³/mol. The molecule has 0 saturated heterocycles. The van der Waals surface area contributed by atoms with Gasteiger partial charge in [-0.15, -0.1) is 0 Å². The Morgan fingerprint density at radius 1 is 1.40 bits per heavy atom. The van der Waals surface area contributed by atoms with Crippen LogP contribution in [-0.2, 0) is 10.1 Å². The number of hydrogen-bond donors (Lipinski definition) is 0. The van der Waals surface area contributed by atoms with Gasteiger partial charge in [0.2, 0.25) is 0 Å². The third-order valence-corrected chi connectivity index (χ3v) is 2.60. The third kappa shape index (κ3) is 3.70. The molecule has 1 aromatic carbocycles. The summed E-state index contributed by atoms with van der Waals surface area (Å²) in [6.45, 7) is 3.19. The van der Waals surface area contributed by atoms with Crippen molar-refractivity contribution < 1.29 is 46.9 Å². The predicted octanol–water partition coefficient (Wildman–Crippen LogP) is -1.21. The van der Waals surface area contributed by atoms with Crippen molar-refractivity contribution in [2.24, 2.45) is 0 Å². The Morgan fingerprint density at radius 2 is 1.93 bits per heavy atom. The molecule has 3 nitrogen and oxygen atoms in total. The zero-order chi connectivity index (χ0) is 10.8.